The summed E-state index contributed by atoms with van der Waals surface area (Å²) >= 11 is 3.82. The smallest absolute Gasteiger partial charge is 0.0949 e. The fourth-order valence-electron chi connectivity index (χ4n) is 1.78. The third kappa shape index (κ3) is 2.52. The highest BCUT2D eigenvalue weighted by Gasteiger charge is 2.30. The number of rotatable bonds is 2. The minimum atomic E-state index is -0.383. The fraction of sp³-hybridized carbons (Fsp3) is 0.700. The number of hydrogen-bond acceptors (Lipinski definition) is 4. The van der Waals surface area contributed by atoms with Gasteiger partial charge in [0.15, 0.2) is 0 Å². The van der Waals surface area contributed by atoms with Gasteiger partial charge in [-0.15, -0.1) is 0 Å². The van der Waals surface area contributed by atoms with Gasteiger partial charge in [-0.2, -0.15) is 28.6 Å². The van der Waals surface area contributed by atoms with E-state index in [1.54, 1.807) is 10.9 Å². The molecular formula is C10H16N2OS2. The molecule has 0 saturated carbocycles. The van der Waals surface area contributed by atoms with Crippen LogP contribution in [-0.2, 0) is 7.05 Å². The van der Waals surface area contributed by atoms with E-state index in [-0.39, 0.29) is 6.10 Å². The van der Waals surface area contributed by atoms with Crippen LogP contribution in [0.3, 0.4) is 0 Å². The van der Waals surface area contributed by atoms with E-state index >= 15 is 0 Å². The van der Waals surface area contributed by atoms with E-state index in [4.69, 9.17) is 0 Å². The summed E-state index contributed by atoms with van der Waals surface area (Å²) in [5, 5.41) is 15.2. The van der Waals surface area contributed by atoms with Crippen LogP contribution in [0, 0.1) is 0 Å². The van der Waals surface area contributed by atoms with Crippen molar-refractivity contribution in [3.8, 4) is 0 Å². The standard InChI is InChI=1S/C10H16N2OS2/c1-7-10(15-4-3-14-7)9(13)8-5-11-12(2)6-8/h5-7,9-10,13H,3-4H2,1-2H3. The second-order valence-corrected chi connectivity index (χ2v) is 6.57. The van der Waals surface area contributed by atoms with Crippen LogP contribution in [0.2, 0.25) is 0 Å². The summed E-state index contributed by atoms with van der Waals surface area (Å²) in [5.74, 6) is 2.33. The molecule has 2 rings (SSSR count). The van der Waals surface area contributed by atoms with Crippen LogP contribution in [0.1, 0.15) is 18.6 Å². The lowest BCUT2D eigenvalue weighted by molar-refractivity contribution is 0.174. The van der Waals surface area contributed by atoms with E-state index < -0.39 is 0 Å². The number of aryl methyl sites for hydroxylation is 1. The van der Waals surface area contributed by atoms with Crippen molar-refractivity contribution in [2.24, 2.45) is 7.05 Å². The number of aromatic nitrogens is 2. The van der Waals surface area contributed by atoms with Crippen LogP contribution in [0.25, 0.3) is 0 Å². The summed E-state index contributed by atoms with van der Waals surface area (Å²) in [6.45, 7) is 2.20. The summed E-state index contributed by atoms with van der Waals surface area (Å²) < 4.78 is 1.74. The minimum absolute atomic E-state index is 0.299. The Morgan fingerprint density at radius 2 is 2.27 bits per heavy atom. The second kappa shape index (κ2) is 4.80. The summed E-state index contributed by atoms with van der Waals surface area (Å²) in [5.41, 5.74) is 0.935. The van der Waals surface area contributed by atoms with Crippen molar-refractivity contribution in [3.63, 3.8) is 0 Å². The van der Waals surface area contributed by atoms with Gasteiger partial charge in [0.2, 0.25) is 0 Å². The van der Waals surface area contributed by atoms with Gasteiger partial charge in [0.05, 0.1) is 12.3 Å². The first-order valence-corrected chi connectivity index (χ1v) is 7.18. The third-order valence-electron chi connectivity index (χ3n) is 2.61. The van der Waals surface area contributed by atoms with Crippen molar-refractivity contribution < 1.29 is 5.11 Å². The molecule has 0 amide bonds. The predicted molar refractivity (Wildman–Crippen MR) is 66.3 cm³/mol. The molecule has 15 heavy (non-hydrogen) atoms. The van der Waals surface area contributed by atoms with E-state index in [0.29, 0.717) is 10.5 Å². The Labute approximate surface area is 98.6 Å². The summed E-state index contributed by atoms with van der Waals surface area (Å²) in [6.07, 6.45) is 3.28. The molecule has 0 aliphatic carbocycles. The molecule has 1 aliphatic rings. The van der Waals surface area contributed by atoms with Gasteiger partial charge in [-0.05, 0) is 0 Å². The SMILES string of the molecule is CC1SCCSC1C(O)c1cnn(C)c1. The van der Waals surface area contributed by atoms with E-state index in [2.05, 4.69) is 12.0 Å². The zero-order chi connectivity index (χ0) is 10.8. The Balaban J connectivity index is 2.09. The van der Waals surface area contributed by atoms with Crippen molar-refractivity contribution in [2.45, 2.75) is 23.5 Å². The molecule has 3 atom stereocenters. The van der Waals surface area contributed by atoms with Crippen LogP contribution in [0.5, 0.6) is 0 Å². The number of thioether (sulfide) groups is 2. The second-order valence-electron chi connectivity index (χ2n) is 3.80. The van der Waals surface area contributed by atoms with Gasteiger partial charge in [0, 0.05) is 40.8 Å². The molecule has 0 radical (unpaired) electrons. The number of hydrogen-bond donors (Lipinski definition) is 1. The highest BCUT2D eigenvalue weighted by Crippen LogP contribution is 2.38. The maximum Gasteiger partial charge on any atom is 0.0949 e. The van der Waals surface area contributed by atoms with Gasteiger partial charge in [-0.1, -0.05) is 6.92 Å². The Morgan fingerprint density at radius 1 is 1.53 bits per heavy atom. The lowest BCUT2D eigenvalue weighted by Gasteiger charge is -2.31. The van der Waals surface area contributed by atoms with Gasteiger partial charge >= 0.3 is 0 Å². The first-order valence-electron chi connectivity index (χ1n) is 5.08. The lowest BCUT2D eigenvalue weighted by Crippen LogP contribution is -2.29. The largest absolute Gasteiger partial charge is 0.387 e. The van der Waals surface area contributed by atoms with Crippen molar-refractivity contribution in [3.05, 3.63) is 18.0 Å². The van der Waals surface area contributed by atoms with Gasteiger partial charge in [0.1, 0.15) is 0 Å². The van der Waals surface area contributed by atoms with Gasteiger partial charge in [-0.25, -0.2) is 0 Å². The molecule has 3 unspecified atom stereocenters. The molecule has 1 saturated heterocycles. The molecule has 5 heteroatoms. The average Bonchev–Trinajstić information content (AvgIpc) is 2.65. The Morgan fingerprint density at radius 3 is 2.87 bits per heavy atom. The van der Waals surface area contributed by atoms with Crippen molar-refractivity contribution in [2.75, 3.05) is 11.5 Å². The van der Waals surface area contributed by atoms with Crippen molar-refractivity contribution in [1.29, 1.82) is 0 Å². The molecule has 1 aromatic rings. The molecular weight excluding hydrogens is 228 g/mol. The number of aliphatic hydroxyl groups excluding tert-OH is 1. The van der Waals surface area contributed by atoms with E-state index in [1.165, 1.54) is 5.75 Å². The monoisotopic (exact) mass is 244 g/mol. The maximum atomic E-state index is 10.2. The molecule has 0 bridgehead atoms. The van der Waals surface area contributed by atoms with Crippen LogP contribution >= 0.6 is 23.5 Å². The van der Waals surface area contributed by atoms with Crippen LogP contribution in [-0.4, -0.2) is 36.9 Å². The van der Waals surface area contributed by atoms with E-state index in [1.807, 2.05) is 36.8 Å². The molecule has 1 N–H and O–H groups in total. The normalized spacial score (nSPS) is 29.0. The zero-order valence-corrected chi connectivity index (χ0v) is 10.6. The predicted octanol–water partition coefficient (Wildman–Crippen LogP) is 1.69. The highest BCUT2D eigenvalue weighted by atomic mass is 32.2. The molecule has 0 aromatic carbocycles. The highest BCUT2D eigenvalue weighted by molar-refractivity contribution is 8.07. The summed E-state index contributed by atoms with van der Waals surface area (Å²) in [6, 6.07) is 0. The Hall–Kier alpha value is -0.130. The van der Waals surface area contributed by atoms with Crippen molar-refractivity contribution >= 4 is 23.5 Å². The molecule has 3 nitrogen and oxygen atoms in total. The zero-order valence-electron chi connectivity index (χ0n) is 8.96. The number of nitrogens with zero attached hydrogens (tertiary/aromatic N) is 2. The average molecular weight is 244 g/mol. The van der Waals surface area contributed by atoms with Gasteiger partial charge in [-0.3, -0.25) is 4.68 Å². The van der Waals surface area contributed by atoms with Crippen LogP contribution in [0.15, 0.2) is 12.4 Å². The number of aliphatic hydroxyl groups is 1. The Kier molecular flexibility index (Phi) is 3.64. The first kappa shape index (κ1) is 11.4. The molecule has 2 heterocycles. The van der Waals surface area contributed by atoms with Gasteiger partial charge in [0.25, 0.3) is 0 Å². The maximum absolute atomic E-state index is 10.2. The third-order valence-corrected chi connectivity index (χ3v) is 5.79. The van der Waals surface area contributed by atoms with Crippen LogP contribution < -0.4 is 0 Å². The fourth-order valence-corrected chi connectivity index (χ4v) is 4.61. The molecule has 84 valence electrons. The van der Waals surface area contributed by atoms with E-state index in [9.17, 15) is 5.11 Å². The molecule has 0 spiro atoms. The topological polar surface area (TPSA) is 38.1 Å². The van der Waals surface area contributed by atoms with Crippen LogP contribution in [0.4, 0.5) is 0 Å². The molecule has 1 fully saturated rings. The Bertz CT molecular complexity index is 329. The molecule has 1 aromatic heterocycles. The van der Waals surface area contributed by atoms with Crippen molar-refractivity contribution in [1.82, 2.24) is 9.78 Å². The lowest BCUT2D eigenvalue weighted by atomic mass is 10.1. The summed E-state index contributed by atoms with van der Waals surface area (Å²) in [4.78, 5) is 0. The first-order chi connectivity index (χ1) is 7.18. The van der Waals surface area contributed by atoms with Gasteiger partial charge < -0.3 is 5.11 Å². The summed E-state index contributed by atoms with van der Waals surface area (Å²) in [7, 11) is 1.88. The van der Waals surface area contributed by atoms with E-state index in [0.717, 1.165) is 11.3 Å². The minimum Gasteiger partial charge on any atom is -0.387 e. The molecule has 1 aliphatic heterocycles. The quantitative estimate of drug-likeness (QED) is 0.859.